The molecule has 0 amide bonds. The normalized spacial score (nSPS) is 9.27. The van der Waals surface area contributed by atoms with E-state index < -0.39 is 7.75 Å². The van der Waals surface area contributed by atoms with Crippen LogP contribution in [0.25, 0.3) is 10.4 Å². The molecular formula is C12H12N6O3P+. The Balaban J connectivity index is 0.000000745. The second kappa shape index (κ2) is 8.94. The molecular weight excluding hydrogens is 307 g/mol. The zero-order chi connectivity index (χ0) is 16.3. The minimum Gasteiger partial charge on any atom is -0.411 e. The van der Waals surface area contributed by atoms with Crippen molar-refractivity contribution in [3.05, 3.63) is 71.1 Å². The molecule has 0 aromatic heterocycles. The largest absolute Gasteiger partial charge is 0.525 e. The molecule has 2 rings (SSSR count). The Morgan fingerprint density at radius 1 is 0.909 bits per heavy atom. The highest BCUT2D eigenvalue weighted by Crippen LogP contribution is 2.49. The van der Waals surface area contributed by atoms with Gasteiger partial charge in [0.25, 0.3) is 0 Å². The van der Waals surface area contributed by atoms with E-state index in [-0.39, 0.29) is 0 Å². The summed E-state index contributed by atoms with van der Waals surface area (Å²) >= 11 is 0. The van der Waals surface area contributed by atoms with Crippen molar-refractivity contribution in [2.45, 2.75) is 0 Å². The quantitative estimate of drug-likeness (QED) is 0.357. The van der Waals surface area contributed by atoms with E-state index in [4.69, 9.17) is 25.6 Å². The molecule has 0 aliphatic carbocycles. The van der Waals surface area contributed by atoms with Gasteiger partial charge >= 0.3 is 7.75 Å². The molecule has 0 aliphatic heterocycles. The van der Waals surface area contributed by atoms with Crippen LogP contribution in [0.5, 0.6) is 11.5 Å². The van der Waals surface area contributed by atoms with E-state index in [1.807, 2.05) is 4.91 Å². The summed E-state index contributed by atoms with van der Waals surface area (Å²) in [7, 11) is -3.95. The van der Waals surface area contributed by atoms with Crippen molar-refractivity contribution in [1.29, 1.82) is 11.1 Å². The van der Waals surface area contributed by atoms with Gasteiger partial charge in [-0.3, -0.25) is 0 Å². The van der Waals surface area contributed by atoms with Gasteiger partial charge in [-0.1, -0.05) is 36.4 Å². The van der Waals surface area contributed by atoms with E-state index in [1.54, 1.807) is 60.7 Å². The highest BCUT2D eigenvalue weighted by Gasteiger charge is 2.26. The fourth-order valence-corrected chi connectivity index (χ4v) is 2.32. The first-order valence-corrected chi connectivity index (χ1v) is 7.32. The van der Waals surface area contributed by atoms with Crippen molar-refractivity contribution < 1.29 is 13.6 Å². The van der Waals surface area contributed by atoms with Crippen molar-refractivity contribution >= 4 is 7.75 Å². The minimum atomic E-state index is -3.95. The molecule has 0 atom stereocenters. The summed E-state index contributed by atoms with van der Waals surface area (Å²) < 4.78 is 22.6. The van der Waals surface area contributed by atoms with Crippen LogP contribution in [-0.4, -0.2) is 0 Å². The smallest absolute Gasteiger partial charge is 0.411 e. The Morgan fingerprint density at radius 3 is 1.59 bits per heavy atom. The molecule has 10 heteroatoms. The highest BCUT2D eigenvalue weighted by atomic mass is 31.2. The summed E-state index contributed by atoms with van der Waals surface area (Å²) in [5.74, 6) is 0.600. The Hall–Kier alpha value is -3.11. The Labute approximate surface area is 125 Å². The van der Waals surface area contributed by atoms with Crippen molar-refractivity contribution in [1.82, 2.24) is 4.91 Å². The summed E-state index contributed by atoms with van der Waals surface area (Å²) in [6.07, 6.45) is 0. The topological polar surface area (TPSA) is 146 Å². The molecule has 2 N–H and O–H groups in total. The molecule has 0 saturated carbocycles. The lowest BCUT2D eigenvalue weighted by atomic mass is 10.3. The van der Waals surface area contributed by atoms with Crippen LogP contribution in [-0.2, 0) is 4.57 Å². The summed E-state index contributed by atoms with van der Waals surface area (Å²) in [5.41, 5.74) is 19.5. The minimum absolute atomic E-state index is 0.300. The number of azide groups is 1. The zero-order valence-corrected chi connectivity index (χ0v) is 12.1. The predicted molar refractivity (Wildman–Crippen MR) is 78.5 cm³/mol. The van der Waals surface area contributed by atoms with Gasteiger partial charge in [0, 0.05) is 9.80 Å². The summed E-state index contributed by atoms with van der Waals surface area (Å²) in [4.78, 5) is 7.65. The van der Waals surface area contributed by atoms with E-state index in [0.29, 0.717) is 11.5 Å². The first-order valence-electron chi connectivity index (χ1n) is 5.82. The number of nitrogens with zero attached hydrogens (tertiary/aromatic N) is 4. The maximum Gasteiger partial charge on any atom is 0.525 e. The van der Waals surface area contributed by atoms with Gasteiger partial charge < -0.3 is 9.05 Å². The molecule has 0 bridgehead atoms. The van der Waals surface area contributed by atoms with Crippen LogP contribution in [0.4, 0.5) is 0 Å². The molecule has 0 saturated heterocycles. The van der Waals surface area contributed by atoms with Gasteiger partial charge in [-0.15, -0.1) is 0 Å². The van der Waals surface area contributed by atoms with Gasteiger partial charge in [-0.05, 0) is 29.8 Å². The number of benzene rings is 2. The van der Waals surface area contributed by atoms with Crippen LogP contribution in [0.15, 0.2) is 65.5 Å². The molecule has 0 aliphatic rings. The monoisotopic (exact) mass is 319 g/mol. The van der Waals surface area contributed by atoms with Crippen LogP contribution in [0.2, 0.25) is 0 Å². The van der Waals surface area contributed by atoms with E-state index in [1.165, 1.54) is 0 Å². The lowest BCUT2D eigenvalue weighted by Crippen LogP contribution is -1.97. The zero-order valence-electron chi connectivity index (χ0n) is 11.2. The van der Waals surface area contributed by atoms with Crippen molar-refractivity contribution in [3.8, 4) is 11.5 Å². The van der Waals surface area contributed by atoms with Gasteiger partial charge in [0.2, 0.25) is 4.91 Å². The lowest BCUT2D eigenvalue weighted by Gasteiger charge is -2.14. The van der Waals surface area contributed by atoms with E-state index in [2.05, 4.69) is 9.80 Å². The Bertz CT molecular complexity index is 667. The van der Waals surface area contributed by atoms with Crippen LogP contribution in [0.3, 0.4) is 0 Å². The Kier molecular flexibility index (Phi) is 6.89. The summed E-state index contributed by atoms with van der Waals surface area (Å²) in [5, 5.41) is 0. The van der Waals surface area contributed by atoms with Crippen molar-refractivity contribution in [3.63, 3.8) is 0 Å². The average molecular weight is 319 g/mol. The van der Waals surface area contributed by atoms with E-state index in [9.17, 15) is 4.57 Å². The van der Waals surface area contributed by atoms with Gasteiger partial charge in [0.1, 0.15) is 22.6 Å². The number of hydrogen-bond acceptors (Lipinski definition) is 5. The number of nitrogens with one attached hydrogen (secondary N) is 2. The molecule has 2 aromatic carbocycles. The van der Waals surface area contributed by atoms with Crippen LogP contribution in [0, 0.1) is 11.1 Å². The number of rotatable bonds is 5. The lowest BCUT2D eigenvalue weighted by molar-refractivity contribution is 0.387. The van der Waals surface area contributed by atoms with Crippen molar-refractivity contribution in [2.75, 3.05) is 0 Å². The van der Waals surface area contributed by atoms with Crippen LogP contribution < -0.4 is 14.0 Å². The second-order valence-corrected chi connectivity index (χ2v) is 5.05. The third kappa shape index (κ3) is 5.90. The van der Waals surface area contributed by atoms with E-state index >= 15 is 0 Å². The fourth-order valence-electron chi connectivity index (χ4n) is 1.33. The molecule has 0 heterocycles. The molecule has 0 unspecified atom stereocenters. The molecule has 0 radical (unpaired) electrons. The van der Waals surface area contributed by atoms with E-state index in [0.717, 1.165) is 0 Å². The SMILES string of the molecule is N=[N+]=N.[N-]=[N+]=NP(=O)(Oc1ccccc1)Oc1ccccc1. The summed E-state index contributed by atoms with van der Waals surface area (Å²) in [6, 6.07) is 16.8. The van der Waals surface area contributed by atoms with Gasteiger partial charge in [0.05, 0.1) is 0 Å². The third-order valence-electron chi connectivity index (χ3n) is 2.08. The molecule has 2 aromatic rings. The molecule has 9 nitrogen and oxygen atoms in total. The van der Waals surface area contributed by atoms with Crippen molar-refractivity contribution in [2.24, 2.45) is 4.88 Å². The maximum atomic E-state index is 12.3. The fraction of sp³-hybridized carbons (Fsp3) is 0. The highest BCUT2D eigenvalue weighted by molar-refractivity contribution is 7.53. The summed E-state index contributed by atoms with van der Waals surface area (Å²) in [6.45, 7) is 0. The first-order chi connectivity index (χ1) is 10.6. The number of para-hydroxylation sites is 2. The molecule has 22 heavy (non-hydrogen) atoms. The predicted octanol–water partition coefficient (Wildman–Crippen LogP) is 4.68. The van der Waals surface area contributed by atoms with Crippen LogP contribution in [0.1, 0.15) is 0 Å². The number of hydrogen-bond donors (Lipinski definition) is 2. The average Bonchev–Trinajstić information content (AvgIpc) is 2.50. The maximum absolute atomic E-state index is 12.3. The molecule has 0 spiro atoms. The van der Waals surface area contributed by atoms with Gasteiger partial charge in [0.15, 0.2) is 0 Å². The molecule has 112 valence electrons. The first kappa shape index (κ1) is 16.9. The Morgan fingerprint density at radius 2 is 1.27 bits per heavy atom. The molecule has 0 fully saturated rings. The van der Waals surface area contributed by atoms with Crippen LogP contribution >= 0.6 is 7.75 Å². The second-order valence-electron chi connectivity index (χ2n) is 3.57. The van der Waals surface area contributed by atoms with Gasteiger partial charge in [-0.25, -0.2) is 4.57 Å². The third-order valence-corrected chi connectivity index (χ3v) is 3.26. The van der Waals surface area contributed by atoms with Gasteiger partial charge in [-0.2, -0.15) is 0 Å². The standard InChI is InChI=1S/C12H10N3O3P.H2N3/c13-14-15-19(16,17-11-7-3-1-4-8-11)18-12-9-5-2-6-10-12;1-3-2/h1-10H;1-2H/q;+1.